The molecule has 278 valence electrons. The molecule has 0 aliphatic rings. The summed E-state index contributed by atoms with van der Waals surface area (Å²) in [4.78, 5) is 2.50. The topological polar surface area (TPSA) is 13.1 Å². The molecule has 0 amide bonds. The molecule has 0 spiro atoms. The largest absolute Gasteiger partial charge is 0.334 e. The second kappa shape index (κ2) is 13.9. The van der Waals surface area contributed by atoms with Gasteiger partial charge in [0.1, 0.15) is 0 Å². The van der Waals surface area contributed by atoms with Crippen molar-refractivity contribution in [1.82, 2.24) is 9.13 Å². The molecule has 8 rings (SSSR count). The number of benzene rings is 6. The van der Waals surface area contributed by atoms with Gasteiger partial charge in [-0.15, -0.1) is 6.58 Å². The van der Waals surface area contributed by atoms with E-state index in [1.54, 1.807) is 0 Å². The third-order valence-electron chi connectivity index (χ3n) is 12.6. The van der Waals surface area contributed by atoms with Gasteiger partial charge in [-0.3, -0.25) is 0 Å². The first-order valence-corrected chi connectivity index (χ1v) is 20.2. The van der Waals surface area contributed by atoms with Crippen LogP contribution in [0, 0.1) is 33.6 Å². The van der Waals surface area contributed by atoms with E-state index in [1.807, 2.05) is 0 Å². The van der Waals surface area contributed by atoms with Crippen LogP contribution in [-0.2, 0) is 5.41 Å². The van der Waals surface area contributed by atoms with Crippen molar-refractivity contribution in [3.05, 3.63) is 156 Å². The van der Waals surface area contributed by atoms with Gasteiger partial charge in [-0.2, -0.15) is 0 Å². The van der Waals surface area contributed by atoms with Gasteiger partial charge in [-0.25, -0.2) is 0 Å². The molecule has 2 aromatic heterocycles. The molecule has 0 N–H and O–H groups in total. The van der Waals surface area contributed by atoms with Gasteiger partial charge in [0.2, 0.25) is 0 Å². The predicted octanol–water partition coefficient (Wildman–Crippen LogP) is 14.5. The van der Waals surface area contributed by atoms with Crippen LogP contribution in [0.25, 0.3) is 55.0 Å². The van der Waals surface area contributed by atoms with Crippen molar-refractivity contribution in [1.29, 1.82) is 0 Å². The van der Waals surface area contributed by atoms with Crippen LogP contribution in [0.3, 0.4) is 0 Å². The molecule has 0 radical (unpaired) electrons. The molecule has 0 saturated heterocycles. The Morgan fingerprint density at radius 1 is 0.582 bits per heavy atom. The van der Waals surface area contributed by atoms with E-state index < -0.39 is 0 Å². The average molecular weight is 722 g/mol. The first kappa shape index (κ1) is 36.4. The highest BCUT2D eigenvalue weighted by atomic mass is 15.2. The fourth-order valence-electron chi connectivity index (χ4n) is 8.93. The molecule has 55 heavy (non-hydrogen) atoms. The summed E-state index contributed by atoms with van der Waals surface area (Å²) < 4.78 is 4.92. The second-order valence-corrected chi connectivity index (χ2v) is 16.6. The lowest BCUT2D eigenvalue weighted by Crippen LogP contribution is -2.34. The highest BCUT2D eigenvalue weighted by Gasteiger charge is 2.26. The van der Waals surface area contributed by atoms with E-state index in [1.165, 1.54) is 94.2 Å². The van der Waals surface area contributed by atoms with Crippen LogP contribution >= 0.6 is 0 Å². The molecule has 3 heteroatoms. The molecule has 0 saturated carbocycles. The summed E-state index contributed by atoms with van der Waals surface area (Å²) in [5.41, 5.74) is 16.2. The van der Waals surface area contributed by atoms with Crippen LogP contribution in [0.1, 0.15) is 75.3 Å². The molecule has 0 aliphatic carbocycles. The standard InChI is InChI=1S/C52H55N3/c1-11-46(33(4)5)54(47-23-16-35(7)28-37(47)9)40-21-26-50-44(31-40)45-32-41(22-27-51(45)53(50)39-19-14-34(6)15-20-39)55-48-24-17-36(8)29-42(48)43-30-38(18-25-49(43)55)52(10,12-2)13-3/h11,14-33,46H,1,12-13H2,2-10H3. The summed E-state index contributed by atoms with van der Waals surface area (Å²) in [6.07, 6.45) is 4.34. The van der Waals surface area contributed by atoms with E-state index >= 15 is 0 Å². The smallest absolute Gasteiger partial charge is 0.0542 e. The Bertz CT molecular complexity index is 2730. The SMILES string of the molecule is C=CC(C(C)C)N(c1ccc2c(c1)c1cc(-n3c4ccc(C)cc4c4cc(C(C)(CC)CC)ccc43)ccc1n2-c1ccc(C)cc1)c1ccc(C)cc1C. The van der Waals surface area contributed by atoms with E-state index in [-0.39, 0.29) is 11.5 Å². The van der Waals surface area contributed by atoms with Crippen LogP contribution in [0.2, 0.25) is 0 Å². The minimum atomic E-state index is 0.119. The van der Waals surface area contributed by atoms with Gasteiger partial charge < -0.3 is 14.0 Å². The van der Waals surface area contributed by atoms with Gasteiger partial charge in [-0.1, -0.05) is 93.8 Å². The maximum atomic E-state index is 4.34. The lowest BCUT2D eigenvalue weighted by molar-refractivity contribution is 0.439. The summed E-state index contributed by atoms with van der Waals surface area (Å²) in [5.74, 6) is 0.362. The zero-order chi connectivity index (χ0) is 38.8. The molecule has 8 aromatic rings. The highest BCUT2D eigenvalue weighted by molar-refractivity contribution is 6.13. The van der Waals surface area contributed by atoms with E-state index in [4.69, 9.17) is 0 Å². The first-order chi connectivity index (χ1) is 26.5. The van der Waals surface area contributed by atoms with Gasteiger partial charge in [0.15, 0.2) is 0 Å². The first-order valence-electron chi connectivity index (χ1n) is 20.2. The fourth-order valence-corrected chi connectivity index (χ4v) is 8.93. The predicted molar refractivity (Wildman–Crippen MR) is 239 cm³/mol. The number of nitrogens with zero attached hydrogens (tertiary/aromatic N) is 3. The monoisotopic (exact) mass is 721 g/mol. The Morgan fingerprint density at radius 3 is 1.73 bits per heavy atom. The summed E-state index contributed by atoms with van der Waals surface area (Å²) in [5, 5.41) is 5.10. The number of rotatable bonds is 10. The third kappa shape index (κ3) is 6.05. The minimum Gasteiger partial charge on any atom is -0.334 e. The number of hydrogen-bond acceptors (Lipinski definition) is 1. The molecule has 1 atom stereocenters. The van der Waals surface area contributed by atoms with Crippen molar-refractivity contribution in [2.75, 3.05) is 4.90 Å². The second-order valence-electron chi connectivity index (χ2n) is 16.6. The summed E-state index contributed by atoms with van der Waals surface area (Å²) in [6.45, 7) is 24.7. The van der Waals surface area contributed by atoms with Crippen molar-refractivity contribution in [3.8, 4) is 11.4 Å². The van der Waals surface area contributed by atoms with Crippen LogP contribution < -0.4 is 4.90 Å². The third-order valence-corrected chi connectivity index (χ3v) is 12.6. The normalized spacial score (nSPS) is 12.8. The average Bonchev–Trinajstić information content (AvgIpc) is 3.68. The van der Waals surface area contributed by atoms with Crippen molar-refractivity contribution >= 4 is 55.0 Å². The molecule has 0 aliphatic heterocycles. The Kier molecular flexibility index (Phi) is 9.24. The number of aromatic nitrogens is 2. The zero-order valence-electron chi connectivity index (χ0n) is 34.2. The van der Waals surface area contributed by atoms with Gasteiger partial charge in [-0.05, 0) is 142 Å². The number of hydrogen-bond donors (Lipinski definition) is 0. The summed E-state index contributed by atoms with van der Waals surface area (Å²) in [7, 11) is 0. The Hall–Kier alpha value is -5.54. The summed E-state index contributed by atoms with van der Waals surface area (Å²) in [6, 6.07) is 44.1. The molecular formula is C52H55N3. The minimum absolute atomic E-state index is 0.119. The van der Waals surface area contributed by atoms with E-state index in [9.17, 15) is 0 Å². The van der Waals surface area contributed by atoms with Crippen LogP contribution in [-0.4, -0.2) is 15.2 Å². The zero-order valence-corrected chi connectivity index (χ0v) is 34.2. The van der Waals surface area contributed by atoms with E-state index in [2.05, 4.69) is 204 Å². The molecule has 2 heterocycles. The maximum Gasteiger partial charge on any atom is 0.0542 e. The molecule has 0 bridgehead atoms. The number of anilines is 2. The molecule has 1 unspecified atom stereocenters. The maximum absolute atomic E-state index is 4.34. The van der Waals surface area contributed by atoms with E-state index in [0.29, 0.717) is 5.92 Å². The Morgan fingerprint density at radius 2 is 1.09 bits per heavy atom. The van der Waals surface area contributed by atoms with Crippen molar-refractivity contribution in [2.45, 2.75) is 86.6 Å². The van der Waals surface area contributed by atoms with Crippen LogP contribution in [0.15, 0.2) is 128 Å². The Balaban J connectivity index is 1.42. The van der Waals surface area contributed by atoms with Crippen molar-refractivity contribution in [3.63, 3.8) is 0 Å². The quantitative estimate of drug-likeness (QED) is 0.128. The lowest BCUT2D eigenvalue weighted by Gasteiger charge is -2.35. The van der Waals surface area contributed by atoms with Crippen molar-refractivity contribution in [2.24, 2.45) is 5.92 Å². The Labute approximate surface area is 327 Å². The fraction of sp³-hybridized carbons (Fsp3) is 0.269. The number of aryl methyl sites for hydroxylation is 4. The van der Waals surface area contributed by atoms with Gasteiger partial charge in [0.05, 0.1) is 28.1 Å². The molecule has 0 fully saturated rings. The lowest BCUT2D eigenvalue weighted by atomic mass is 9.77. The van der Waals surface area contributed by atoms with Crippen molar-refractivity contribution < 1.29 is 0 Å². The highest BCUT2D eigenvalue weighted by Crippen LogP contribution is 2.42. The molecule has 6 aromatic carbocycles. The van der Waals surface area contributed by atoms with Crippen LogP contribution in [0.4, 0.5) is 11.4 Å². The van der Waals surface area contributed by atoms with Gasteiger partial charge in [0.25, 0.3) is 0 Å². The molecular weight excluding hydrogens is 667 g/mol. The van der Waals surface area contributed by atoms with Gasteiger partial charge in [0, 0.05) is 44.3 Å². The summed E-state index contributed by atoms with van der Waals surface area (Å²) >= 11 is 0. The molecule has 3 nitrogen and oxygen atoms in total. The van der Waals surface area contributed by atoms with Crippen LogP contribution in [0.5, 0.6) is 0 Å². The van der Waals surface area contributed by atoms with Gasteiger partial charge >= 0.3 is 0 Å². The van der Waals surface area contributed by atoms with E-state index in [0.717, 1.165) is 12.8 Å². The number of fused-ring (bicyclic) bond motifs is 6.